The normalized spacial score (nSPS) is 12.2. The van der Waals surface area contributed by atoms with Crippen LogP contribution in [0.2, 0.25) is 0 Å². The van der Waals surface area contributed by atoms with Crippen LogP contribution >= 0.6 is 0 Å². The molecule has 0 fully saturated rings. The van der Waals surface area contributed by atoms with Gasteiger partial charge in [0, 0.05) is 0 Å². The van der Waals surface area contributed by atoms with E-state index in [4.69, 9.17) is 4.74 Å². The molecule has 3 heteroatoms. The molecule has 0 aliphatic carbocycles. The first-order valence-corrected chi connectivity index (χ1v) is 5.06. The Morgan fingerprint density at radius 1 is 1.40 bits per heavy atom. The first-order chi connectivity index (χ1) is 7.22. The second-order valence-corrected chi connectivity index (χ2v) is 3.34. The maximum absolute atomic E-state index is 11.4. The van der Waals surface area contributed by atoms with E-state index < -0.39 is 0 Å². The fourth-order valence-corrected chi connectivity index (χ4v) is 1.48. The SMILES string of the molecule is CCc1ccc(C(NC)C(=O)OC)cc1. The predicted octanol–water partition coefficient (Wildman–Crippen LogP) is 1.68. The van der Waals surface area contributed by atoms with E-state index in [1.807, 2.05) is 24.3 Å². The number of hydrogen-bond acceptors (Lipinski definition) is 3. The first-order valence-electron chi connectivity index (χ1n) is 5.06. The lowest BCUT2D eigenvalue weighted by Crippen LogP contribution is -2.26. The van der Waals surface area contributed by atoms with Crippen molar-refractivity contribution in [1.29, 1.82) is 0 Å². The molecule has 1 N–H and O–H groups in total. The summed E-state index contributed by atoms with van der Waals surface area (Å²) < 4.78 is 4.71. The van der Waals surface area contributed by atoms with Crippen LogP contribution in [0.3, 0.4) is 0 Å². The Kier molecular flexibility index (Phi) is 4.31. The summed E-state index contributed by atoms with van der Waals surface area (Å²) in [6.45, 7) is 2.10. The summed E-state index contributed by atoms with van der Waals surface area (Å²) in [6, 6.07) is 7.60. The molecule has 1 aromatic rings. The summed E-state index contributed by atoms with van der Waals surface area (Å²) in [5, 5.41) is 2.93. The molecule has 3 nitrogen and oxygen atoms in total. The summed E-state index contributed by atoms with van der Waals surface area (Å²) in [6.07, 6.45) is 1.00. The maximum Gasteiger partial charge on any atom is 0.327 e. The molecule has 1 aromatic carbocycles. The summed E-state index contributed by atoms with van der Waals surface area (Å²) in [7, 11) is 3.14. The minimum atomic E-state index is -0.374. The van der Waals surface area contributed by atoms with Crippen LogP contribution in [-0.4, -0.2) is 20.1 Å². The monoisotopic (exact) mass is 207 g/mol. The molecule has 1 unspecified atom stereocenters. The number of benzene rings is 1. The van der Waals surface area contributed by atoms with E-state index in [0.29, 0.717) is 0 Å². The van der Waals surface area contributed by atoms with Crippen LogP contribution in [0.1, 0.15) is 24.1 Å². The molecule has 82 valence electrons. The minimum absolute atomic E-state index is 0.262. The zero-order chi connectivity index (χ0) is 11.3. The van der Waals surface area contributed by atoms with Gasteiger partial charge in [0.25, 0.3) is 0 Å². The van der Waals surface area contributed by atoms with Crippen molar-refractivity contribution in [2.45, 2.75) is 19.4 Å². The lowest BCUT2D eigenvalue weighted by Gasteiger charge is -2.14. The molecule has 0 aliphatic heterocycles. The van der Waals surface area contributed by atoms with Gasteiger partial charge in [-0.25, -0.2) is 4.79 Å². The van der Waals surface area contributed by atoms with Crippen molar-refractivity contribution in [3.63, 3.8) is 0 Å². The molecule has 0 bridgehead atoms. The van der Waals surface area contributed by atoms with Crippen molar-refractivity contribution in [2.75, 3.05) is 14.2 Å². The molecule has 0 spiro atoms. The first kappa shape index (κ1) is 11.7. The molecule has 0 saturated heterocycles. The van der Waals surface area contributed by atoms with Crippen LogP contribution in [0, 0.1) is 0 Å². The van der Waals surface area contributed by atoms with Crippen molar-refractivity contribution in [1.82, 2.24) is 5.32 Å². The van der Waals surface area contributed by atoms with E-state index in [1.165, 1.54) is 12.7 Å². The van der Waals surface area contributed by atoms with Crippen molar-refractivity contribution in [2.24, 2.45) is 0 Å². The highest BCUT2D eigenvalue weighted by Gasteiger charge is 2.18. The highest BCUT2D eigenvalue weighted by molar-refractivity contribution is 5.77. The van der Waals surface area contributed by atoms with Gasteiger partial charge in [-0.05, 0) is 24.6 Å². The number of rotatable bonds is 4. The molecular formula is C12H17NO2. The number of carbonyl (C=O) groups is 1. The molecular weight excluding hydrogens is 190 g/mol. The van der Waals surface area contributed by atoms with Gasteiger partial charge in [0.05, 0.1) is 7.11 Å². The number of aryl methyl sites for hydroxylation is 1. The van der Waals surface area contributed by atoms with E-state index in [2.05, 4.69) is 12.2 Å². The number of likely N-dealkylation sites (N-methyl/N-ethyl adjacent to an activating group) is 1. The Morgan fingerprint density at radius 3 is 2.40 bits per heavy atom. The second-order valence-electron chi connectivity index (χ2n) is 3.34. The number of hydrogen-bond donors (Lipinski definition) is 1. The van der Waals surface area contributed by atoms with Gasteiger partial charge in [-0.1, -0.05) is 31.2 Å². The third kappa shape index (κ3) is 2.80. The molecule has 1 rings (SSSR count). The average Bonchev–Trinajstić information content (AvgIpc) is 2.30. The Balaban J connectivity index is 2.87. The van der Waals surface area contributed by atoms with Crippen LogP contribution in [-0.2, 0) is 16.0 Å². The Bertz CT molecular complexity index is 319. The van der Waals surface area contributed by atoms with Gasteiger partial charge >= 0.3 is 5.97 Å². The third-order valence-corrected chi connectivity index (χ3v) is 2.45. The largest absolute Gasteiger partial charge is 0.468 e. The van der Waals surface area contributed by atoms with Crippen LogP contribution in [0.5, 0.6) is 0 Å². The quantitative estimate of drug-likeness (QED) is 0.763. The van der Waals surface area contributed by atoms with Gasteiger partial charge in [-0.15, -0.1) is 0 Å². The van der Waals surface area contributed by atoms with Gasteiger partial charge < -0.3 is 10.1 Å². The molecule has 0 heterocycles. The Hall–Kier alpha value is -1.35. The zero-order valence-electron chi connectivity index (χ0n) is 9.41. The van der Waals surface area contributed by atoms with Crippen molar-refractivity contribution >= 4 is 5.97 Å². The molecule has 0 saturated carbocycles. The minimum Gasteiger partial charge on any atom is -0.468 e. The third-order valence-electron chi connectivity index (χ3n) is 2.45. The van der Waals surface area contributed by atoms with Gasteiger partial charge in [-0.2, -0.15) is 0 Å². The molecule has 0 aliphatic rings. The summed E-state index contributed by atoms with van der Waals surface area (Å²) >= 11 is 0. The molecule has 1 atom stereocenters. The fourth-order valence-electron chi connectivity index (χ4n) is 1.48. The molecule has 0 radical (unpaired) electrons. The van der Waals surface area contributed by atoms with E-state index in [0.717, 1.165) is 12.0 Å². The summed E-state index contributed by atoms with van der Waals surface area (Å²) in [5.41, 5.74) is 2.19. The average molecular weight is 207 g/mol. The van der Waals surface area contributed by atoms with E-state index in [1.54, 1.807) is 7.05 Å². The van der Waals surface area contributed by atoms with E-state index in [9.17, 15) is 4.79 Å². The van der Waals surface area contributed by atoms with Gasteiger partial charge in [0.1, 0.15) is 6.04 Å². The predicted molar refractivity (Wildman–Crippen MR) is 59.6 cm³/mol. The van der Waals surface area contributed by atoms with Gasteiger partial charge in [-0.3, -0.25) is 0 Å². The zero-order valence-corrected chi connectivity index (χ0v) is 9.41. The smallest absolute Gasteiger partial charge is 0.327 e. The number of nitrogens with one attached hydrogen (secondary N) is 1. The molecule has 0 aromatic heterocycles. The highest BCUT2D eigenvalue weighted by Crippen LogP contribution is 2.15. The van der Waals surface area contributed by atoms with Crippen molar-refractivity contribution < 1.29 is 9.53 Å². The topological polar surface area (TPSA) is 38.3 Å². The van der Waals surface area contributed by atoms with E-state index in [-0.39, 0.29) is 12.0 Å². The number of methoxy groups -OCH3 is 1. The summed E-state index contributed by atoms with van der Waals surface area (Å²) in [4.78, 5) is 11.4. The van der Waals surface area contributed by atoms with E-state index >= 15 is 0 Å². The van der Waals surface area contributed by atoms with Crippen LogP contribution in [0.25, 0.3) is 0 Å². The second kappa shape index (κ2) is 5.51. The number of ether oxygens (including phenoxy) is 1. The molecule has 0 amide bonds. The maximum atomic E-state index is 11.4. The summed E-state index contributed by atoms with van der Waals surface area (Å²) in [5.74, 6) is -0.262. The Morgan fingerprint density at radius 2 is 2.00 bits per heavy atom. The standard InChI is InChI=1S/C12H17NO2/c1-4-9-5-7-10(8-6-9)11(13-2)12(14)15-3/h5-8,11,13H,4H2,1-3H3. The van der Waals surface area contributed by atoms with Gasteiger partial charge in [0.15, 0.2) is 0 Å². The fraction of sp³-hybridized carbons (Fsp3) is 0.417. The Labute approximate surface area is 90.4 Å². The molecule has 15 heavy (non-hydrogen) atoms. The highest BCUT2D eigenvalue weighted by atomic mass is 16.5. The van der Waals surface area contributed by atoms with Crippen LogP contribution in [0.15, 0.2) is 24.3 Å². The van der Waals surface area contributed by atoms with Crippen molar-refractivity contribution in [3.05, 3.63) is 35.4 Å². The number of esters is 1. The lowest BCUT2D eigenvalue weighted by molar-refractivity contribution is -0.143. The van der Waals surface area contributed by atoms with Crippen LogP contribution < -0.4 is 5.32 Å². The lowest BCUT2D eigenvalue weighted by atomic mass is 10.0. The van der Waals surface area contributed by atoms with Gasteiger partial charge in [0.2, 0.25) is 0 Å². The number of carbonyl (C=O) groups excluding carboxylic acids is 1. The van der Waals surface area contributed by atoms with Crippen LogP contribution in [0.4, 0.5) is 0 Å². The van der Waals surface area contributed by atoms with Crippen molar-refractivity contribution in [3.8, 4) is 0 Å².